The second-order valence-electron chi connectivity index (χ2n) is 7.03. The summed E-state index contributed by atoms with van der Waals surface area (Å²) in [6.45, 7) is 10.0. The van der Waals surface area contributed by atoms with Crippen molar-refractivity contribution in [2.24, 2.45) is 0 Å². The molecule has 6 heteroatoms. The molecule has 0 N–H and O–H groups in total. The van der Waals surface area contributed by atoms with E-state index in [4.69, 9.17) is 14.2 Å². The molecule has 1 aliphatic heterocycles. The molecule has 1 heterocycles. The first-order valence-electron chi connectivity index (χ1n) is 7.63. The second kappa shape index (κ2) is 6.69. The minimum absolute atomic E-state index is 0.191. The molecule has 1 amide bonds. The van der Waals surface area contributed by atoms with Crippen molar-refractivity contribution < 1.29 is 19.0 Å². The van der Waals surface area contributed by atoms with Crippen LogP contribution in [0.25, 0.3) is 0 Å². The van der Waals surface area contributed by atoms with Crippen LogP contribution in [-0.4, -0.2) is 41.6 Å². The Labute approximate surface area is 146 Å². The summed E-state index contributed by atoms with van der Waals surface area (Å²) in [4.78, 5) is 14.1. The van der Waals surface area contributed by atoms with Crippen molar-refractivity contribution in [1.82, 2.24) is 4.90 Å². The standard InChI is InChI=1S/C17H24BrNO4/c1-16(2,3)23-15(20)19-13(11-22-17(19,4)5)10-21-14-8-6-12(18)7-9-14/h6-9,13H,10-11H2,1-5H3. The Bertz CT molecular complexity index is 551. The molecule has 0 aromatic heterocycles. The zero-order valence-corrected chi connectivity index (χ0v) is 15.8. The highest BCUT2D eigenvalue weighted by atomic mass is 79.9. The van der Waals surface area contributed by atoms with Crippen molar-refractivity contribution in [3.63, 3.8) is 0 Å². The van der Waals surface area contributed by atoms with Gasteiger partial charge in [-0.25, -0.2) is 4.79 Å². The minimum Gasteiger partial charge on any atom is -0.491 e. The fourth-order valence-corrected chi connectivity index (χ4v) is 2.67. The molecule has 5 nitrogen and oxygen atoms in total. The van der Waals surface area contributed by atoms with Gasteiger partial charge in [0.1, 0.15) is 23.7 Å². The number of rotatable bonds is 3. The van der Waals surface area contributed by atoms with E-state index in [0.29, 0.717) is 13.2 Å². The van der Waals surface area contributed by atoms with Crippen LogP contribution >= 0.6 is 15.9 Å². The van der Waals surface area contributed by atoms with Gasteiger partial charge >= 0.3 is 6.09 Å². The average Bonchev–Trinajstić information content (AvgIpc) is 2.71. The fraction of sp³-hybridized carbons (Fsp3) is 0.588. The zero-order chi connectivity index (χ0) is 17.3. The molecule has 0 spiro atoms. The summed E-state index contributed by atoms with van der Waals surface area (Å²) in [5.41, 5.74) is -1.26. The third-order valence-corrected chi connectivity index (χ3v) is 3.95. The van der Waals surface area contributed by atoms with Crippen LogP contribution in [0.15, 0.2) is 28.7 Å². The zero-order valence-electron chi connectivity index (χ0n) is 14.3. The summed E-state index contributed by atoms with van der Waals surface area (Å²) in [6.07, 6.45) is -0.385. The first-order valence-corrected chi connectivity index (χ1v) is 8.42. The summed E-state index contributed by atoms with van der Waals surface area (Å²) >= 11 is 3.39. The molecule has 0 aliphatic carbocycles. The highest BCUT2D eigenvalue weighted by molar-refractivity contribution is 9.10. The van der Waals surface area contributed by atoms with Gasteiger partial charge in [-0.2, -0.15) is 0 Å². The van der Waals surface area contributed by atoms with Gasteiger partial charge in [-0.15, -0.1) is 0 Å². The van der Waals surface area contributed by atoms with Crippen molar-refractivity contribution in [2.45, 2.75) is 52.0 Å². The lowest BCUT2D eigenvalue weighted by molar-refractivity contribution is -0.0637. The lowest BCUT2D eigenvalue weighted by Crippen LogP contribution is -2.51. The molecule has 1 unspecified atom stereocenters. The number of ether oxygens (including phenoxy) is 3. The number of halogens is 1. The maximum absolute atomic E-state index is 12.5. The number of nitrogens with zero attached hydrogens (tertiary/aromatic N) is 1. The molecular weight excluding hydrogens is 362 g/mol. The van der Waals surface area contributed by atoms with Crippen molar-refractivity contribution in [3.8, 4) is 5.75 Å². The van der Waals surface area contributed by atoms with Crippen LogP contribution in [-0.2, 0) is 9.47 Å². The van der Waals surface area contributed by atoms with Crippen LogP contribution in [0.5, 0.6) is 5.75 Å². The molecule has 1 aromatic rings. The lowest BCUT2D eigenvalue weighted by atomic mass is 10.2. The summed E-state index contributed by atoms with van der Waals surface area (Å²) in [7, 11) is 0. The van der Waals surface area contributed by atoms with Crippen LogP contribution in [0.3, 0.4) is 0 Å². The number of benzene rings is 1. The largest absolute Gasteiger partial charge is 0.491 e. The molecule has 1 aliphatic rings. The predicted molar refractivity (Wildman–Crippen MR) is 91.5 cm³/mol. The van der Waals surface area contributed by atoms with Gasteiger partial charge in [0.25, 0.3) is 0 Å². The Hall–Kier alpha value is -1.27. The Morgan fingerprint density at radius 2 is 1.96 bits per heavy atom. The van der Waals surface area contributed by atoms with Gasteiger partial charge in [-0.05, 0) is 58.9 Å². The van der Waals surface area contributed by atoms with Gasteiger partial charge in [0.2, 0.25) is 0 Å². The highest BCUT2D eigenvalue weighted by Crippen LogP contribution is 2.30. The highest BCUT2D eigenvalue weighted by Gasteiger charge is 2.46. The maximum Gasteiger partial charge on any atom is 0.413 e. The van der Waals surface area contributed by atoms with Crippen LogP contribution in [0, 0.1) is 0 Å². The van der Waals surface area contributed by atoms with E-state index in [2.05, 4.69) is 15.9 Å². The van der Waals surface area contributed by atoms with Crippen molar-refractivity contribution in [1.29, 1.82) is 0 Å². The number of hydrogen-bond donors (Lipinski definition) is 0. The van der Waals surface area contributed by atoms with E-state index in [9.17, 15) is 4.79 Å². The molecule has 1 aromatic carbocycles. The Kier molecular flexibility index (Phi) is 5.26. The summed E-state index contributed by atoms with van der Waals surface area (Å²) in [5, 5.41) is 0. The molecule has 1 saturated heterocycles. The molecule has 1 fully saturated rings. The third kappa shape index (κ3) is 4.85. The Morgan fingerprint density at radius 1 is 1.35 bits per heavy atom. The Balaban J connectivity index is 2.04. The summed E-state index contributed by atoms with van der Waals surface area (Å²) in [6, 6.07) is 7.39. The SMILES string of the molecule is CC(C)(C)OC(=O)N1C(COc2ccc(Br)cc2)COC1(C)C. The van der Waals surface area contributed by atoms with Crippen molar-refractivity contribution in [2.75, 3.05) is 13.2 Å². The Morgan fingerprint density at radius 3 is 2.52 bits per heavy atom. The van der Waals surface area contributed by atoms with E-state index in [1.54, 1.807) is 4.90 Å². The average molecular weight is 386 g/mol. The van der Waals surface area contributed by atoms with Gasteiger partial charge in [0, 0.05) is 4.47 Å². The molecule has 128 valence electrons. The van der Waals surface area contributed by atoms with Gasteiger partial charge in [-0.1, -0.05) is 15.9 Å². The van der Waals surface area contributed by atoms with Crippen LogP contribution in [0.1, 0.15) is 34.6 Å². The number of carbonyl (C=O) groups is 1. The van der Waals surface area contributed by atoms with E-state index < -0.39 is 11.3 Å². The van der Waals surface area contributed by atoms with E-state index in [1.165, 1.54) is 0 Å². The molecular formula is C17H24BrNO4. The summed E-state index contributed by atoms with van der Waals surface area (Å²) in [5.74, 6) is 0.752. The first kappa shape index (κ1) is 18.1. The normalized spacial score (nSPS) is 20.4. The number of amides is 1. The van der Waals surface area contributed by atoms with Gasteiger partial charge < -0.3 is 14.2 Å². The fourth-order valence-electron chi connectivity index (χ4n) is 2.41. The molecule has 0 bridgehead atoms. The monoisotopic (exact) mass is 385 g/mol. The third-order valence-electron chi connectivity index (χ3n) is 3.42. The van der Waals surface area contributed by atoms with Crippen LogP contribution in [0.4, 0.5) is 4.79 Å². The van der Waals surface area contributed by atoms with Gasteiger partial charge in [0.15, 0.2) is 0 Å². The molecule has 2 rings (SSSR count). The number of carbonyl (C=O) groups excluding carboxylic acids is 1. The van der Waals surface area contributed by atoms with E-state index in [0.717, 1.165) is 10.2 Å². The molecule has 23 heavy (non-hydrogen) atoms. The molecule has 0 radical (unpaired) electrons. The predicted octanol–water partition coefficient (Wildman–Crippen LogP) is 4.20. The second-order valence-corrected chi connectivity index (χ2v) is 7.94. The van der Waals surface area contributed by atoms with Crippen LogP contribution in [0.2, 0.25) is 0 Å². The molecule has 1 atom stereocenters. The smallest absolute Gasteiger partial charge is 0.413 e. The topological polar surface area (TPSA) is 48.0 Å². The lowest BCUT2D eigenvalue weighted by Gasteiger charge is -2.35. The quantitative estimate of drug-likeness (QED) is 0.781. The van der Waals surface area contributed by atoms with E-state index >= 15 is 0 Å². The number of hydrogen-bond acceptors (Lipinski definition) is 4. The van der Waals surface area contributed by atoms with Gasteiger partial charge in [-0.3, -0.25) is 4.90 Å². The van der Waals surface area contributed by atoms with E-state index in [-0.39, 0.29) is 12.1 Å². The first-order chi connectivity index (χ1) is 10.6. The minimum atomic E-state index is -0.712. The van der Waals surface area contributed by atoms with Gasteiger partial charge in [0.05, 0.1) is 12.6 Å². The summed E-state index contributed by atoms with van der Waals surface area (Å²) < 4.78 is 18.0. The maximum atomic E-state index is 12.5. The van der Waals surface area contributed by atoms with Crippen molar-refractivity contribution >= 4 is 22.0 Å². The van der Waals surface area contributed by atoms with Crippen LogP contribution < -0.4 is 4.74 Å². The van der Waals surface area contributed by atoms with Crippen molar-refractivity contribution in [3.05, 3.63) is 28.7 Å². The van der Waals surface area contributed by atoms with E-state index in [1.807, 2.05) is 58.9 Å². The molecule has 0 saturated carbocycles.